The zero-order valence-electron chi connectivity index (χ0n) is 14.5. The average molecular weight is 348 g/mol. The zero-order chi connectivity index (χ0) is 18.4. The van der Waals surface area contributed by atoms with Gasteiger partial charge < -0.3 is 15.8 Å². The van der Waals surface area contributed by atoms with Crippen LogP contribution in [0.3, 0.4) is 0 Å². The number of rotatable bonds is 6. The number of nitrogens with two attached hydrogens (primary N) is 1. The van der Waals surface area contributed by atoms with Crippen molar-refractivity contribution in [3.63, 3.8) is 0 Å². The van der Waals surface area contributed by atoms with Gasteiger partial charge in [-0.3, -0.25) is 0 Å². The quantitative estimate of drug-likeness (QED) is 0.666. The second kappa shape index (κ2) is 8.22. The Morgan fingerprint density at radius 3 is 2.58 bits per heavy atom. The lowest BCUT2D eigenvalue weighted by atomic mass is 10.1. The van der Waals surface area contributed by atoms with Crippen LogP contribution in [0.5, 0.6) is 0 Å². The monoisotopic (exact) mass is 348 g/mol. The Hall–Kier alpha value is -3.25. The van der Waals surface area contributed by atoms with Crippen molar-refractivity contribution in [2.24, 2.45) is 0 Å². The number of nitrogens with zero attached hydrogens (tertiary/aromatic N) is 2. The van der Waals surface area contributed by atoms with E-state index in [2.05, 4.69) is 27.4 Å². The Morgan fingerprint density at radius 2 is 1.81 bits per heavy atom. The molecule has 3 aromatic rings. The minimum atomic E-state index is -0.600. The number of nitrogen functional groups attached to an aromatic ring is 1. The van der Waals surface area contributed by atoms with Gasteiger partial charge in [0.15, 0.2) is 11.5 Å². The Kier molecular flexibility index (Phi) is 5.56. The van der Waals surface area contributed by atoms with E-state index >= 15 is 0 Å². The fraction of sp³-hybridized carbons (Fsp3) is 0.150. The first-order chi connectivity index (χ1) is 12.7. The molecule has 1 heterocycles. The molecule has 132 valence electrons. The number of aromatic nitrogens is 2. The van der Waals surface area contributed by atoms with Crippen LogP contribution in [0.2, 0.25) is 0 Å². The lowest BCUT2D eigenvalue weighted by molar-refractivity contribution is 0.0595. The van der Waals surface area contributed by atoms with Crippen LogP contribution in [0.1, 0.15) is 21.6 Å². The molecule has 1 aromatic heterocycles. The van der Waals surface area contributed by atoms with Crippen LogP contribution in [0, 0.1) is 0 Å². The normalized spacial score (nSPS) is 10.5. The van der Waals surface area contributed by atoms with Gasteiger partial charge >= 0.3 is 5.97 Å². The van der Waals surface area contributed by atoms with E-state index in [4.69, 9.17) is 10.5 Å². The van der Waals surface area contributed by atoms with Gasteiger partial charge in [-0.2, -0.15) is 0 Å². The molecular formula is C20H20N4O2. The molecule has 0 bridgehead atoms. The Bertz CT molecular complexity index is 897. The van der Waals surface area contributed by atoms with Gasteiger partial charge in [-0.25, -0.2) is 14.8 Å². The summed E-state index contributed by atoms with van der Waals surface area (Å²) in [7, 11) is 1.29. The third kappa shape index (κ3) is 4.23. The molecule has 3 N–H and O–H groups in total. The number of nitrogens with one attached hydrogen (secondary N) is 1. The lowest BCUT2D eigenvalue weighted by Crippen LogP contribution is -2.12. The fourth-order valence-corrected chi connectivity index (χ4v) is 2.57. The summed E-state index contributed by atoms with van der Waals surface area (Å²) in [6, 6.07) is 18.1. The number of methoxy groups -OCH3 is 1. The van der Waals surface area contributed by atoms with Crippen molar-refractivity contribution in [2.75, 3.05) is 12.8 Å². The van der Waals surface area contributed by atoms with Gasteiger partial charge in [0, 0.05) is 18.7 Å². The van der Waals surface area contributed by atoms with Crippen molar-refractivity contribution in [3.8, 4) is 11.3 Å². The maximum atomic E-state index is 11.7. The molecule has 0 radical (unpaired) electrons. The summed E-state index contributed by atoms with van der Waals surface area (Å²) < 4.78 is 4.70. The number of ether oxygens (including phenoxy) is 1. The Labute approximate surface area is 152 Å². The fourth-order valence-electron chi connectivity index (χ4n) is 2.57. The summed E-state index contributed by atoms with van der Waals surface area (Å²) in [6.45, 7) is 1.51. The van der Waals surface area contributed by atoms with E-state index in [0.717, 1.165) is 24.2 Å². The lowest BCUT2D eigenvalue weighted by Gasteiger charge is -2.08. The van der Waals surface area contributed by atoms with Crippen molar-refractivity contribution in [2.45, 2.75) is 13.1 Å². The second-order valence-corrected chi connectivity index (χ2v) is 5.77. The van der Waals surface area contributed by atoms with Crippen molar-refractivity contribution in [1.82, 2.24) is 15.3 Å². The minimum absolute atomic E-state index is 0.0256. The van der Waals surface area contributed by atoms with Crippen molar-refractivity contribution in [1.29, 1.82) is 0 Å². The van der Waals surface area contributed by atoms with Crippen LogP contribution in [0.4, 0.5) is 5.82 Å². The number of hydrogen-bond acceptors (Lipinski definition) is 6. The summed E-state index contributed by atoms with van der Waals surface area (Å²) in [6.07, 6.45) is 1.55. The number of carbonyl (C=O) groups is 1. The van der Waals surface area contributed by atoms with Crippen LogP contribution >= 0.6 is 0 Å². The summed E-state index contributed by atoms with van der Waals surface area (Å²) in [4.78, 5) is 20.1. The zero-order valence-corrected chi connectivity index (χ0v) is 14.5. The highest BCUT2D eigenvalue weighted by molar-refractivity contribution is 5.92. The smallest absolute Gasteiger partial charge is 0.360 e. The molecule has 0 aliphatic rings. The molecule has 0 saturated heterocycles. The van der Waals surface area contributed by atoms with Gasteiger partial charge in [0.1, 0.15) is 0 Å². The minimum Gasteiger partial charge on any atom is -0.464 e. The number of hydrogen-bond donors (Lipinski definition) is 2. The van der Waals surface area contributed by atoms with Crippen LogP contribution in [-0.4, -0.2) is 23.0 Å². The first-order valence-corrected chi connectivity index (χ1v) is 8.22. The first-order valence-electron chi connectivity index (χ1n) is 8.22. The molecule has 0 spiro atoms. The summed E-state index contributed by atoms with van der Waals surface area (Å²) in [5, 5.41) is 3.41. The van der Waals surface area contributed by atoms with E-state index in [-0.39, 0.29) is 11.5 Å². The molecule has 0 amide bonds. The first kappa shape index (κ1) is 17.6. The summed E-state index contributed by atoms with van der Waals surface area (Å²) in [5.74, 6) is -0.543. The number of anilines is 1. The van der Waals surface area contributed by atoms with Crippen molar-refractivity contribution >= 4 is 11.8 Å². The molecule has 0 saturated carbocycles. The molecule has 0 atom stereocenters. The predicted octanol–water partition coefficient (Wildman–Crippen LogP) is 2.80. The number of carbonyl (C=O) groups excluding carboxylic acids is 1. The molecule has 0 aliphatic carbocycles. The number of esters is 1. The van der Waals surface area contributed by atoms with Gasteiger partial charge in [-0.1, -0.05) is 48.5 Å². The summed E-state index contributed by atoms with van der Waals surface area (Å²) in [5.41, 5.74) is 9.51. The van der Waals surface area contributed by atoms with E-state index in [1.54, 1.807) is 6.20 Å². The van der Waals surface area contributed by atoms with E-state index in [9.17, 15) is 4.79 Å². The number of benzene rings is 2. The largest absolute Gasteiger partial charge is 0.464 e. The van der Waals surface area contributed by atoms with Crippen LogP contribution in [-0.2, 0) is 17.8 Å². The van der Waals surface area contributed by atoms with Crippen molar-refractivity contribution in [3.05, 3.63) is 77.6 Å². The van der Waals surface area contributed by atoms with E-state index in [1.165, 1.54) is 12.7 Å². The second-order valence-electron chi connectivity index (χ2n) is 5.77. The van der Waals surface area contributed by atoms with Gasteiger partial charge in [-0.15, -0.1) is 0 Å². The molecule has 0 fully saturated rings. The maximum absolute atomic E-state index is 11.7. The highest BCUT2D eigenvalue weighted by atomic mass is 16.5. The molecule has 6 heteroatoms. The SMILES string of the molecule is COC(=O)c1nc(-c2cccc(CNCc3ccccc3)c2)cnc1N. The van der Waals surface area contributed by atoms with Gasteiger partial charge in [0.25, 0.3) is 0 Å². The van der Waals surface area contributed by atoms with Crippen LogP contribution < -0.4 is 11.1 Å². The molecule has 26 heavy (non-hydrogen) atoms. The molecule has 0 unspecified atom stereocenters. The average Bonchev–Trinajstić information content (AvgIpc) is 2.69. The standard InChI is InChI=1S/C20H20N4O2/c1-26-20(25)18-19(21)23-13-17(24-18)16-9-5-8-15(10-16)12-22-11-14-6-3-2-4-7-14/h2-10,13,22H,11-12H2,1H3,(H2,21,23). The Morgan fingerprint density at radius 1 is 1.08 bits per heavy atom. The third-order valence-electron chi connectivity index (χ3n) is 3.90. The van der Waals surface area contributed by atoms with Gasteiger partial charge in [0.2, 0.25) is 0 Å². The molecule has 6 nitrogen and oxygen atoms in total. The molecule has 3 rings (SSSR count). The molecular weight excluding hydrogens is 328 g/mol. The van der Waals surface area contributed by atoms with E-state index < -0.39 is 5.97 Å². The molecule has 0 aliphatic heterocycles. The Balaban J connectivity index is 1.74. The van der Waals surface area contributed by atoms with E-state index in [1.807, 2.05) is 42.5 Å². The van der Waals surface area contributed by atoms with Crippen molar-refractivity contribution < 1.29 is 9.53 Å². The highest BCUT2D eigenvalue weighted by Gasteiger charge is 2.15. The summed E-state index contributed by atoms with van der Waals surface area (Å²) >= 11 is 0. The maximum Gasteiger partial charge on any atom is 0.360 e. The topological polar surface area (TPSA) is 90.1 Å². The van der Waals surface area contributed by atoms with Crippen LogP contribution in [0.15, 0.2) is 60.8 Å². The van der Waals surface area contributed by atoms with Gasteiger partial charge in [-0.05, 0) is 17.2 Å². The van der Waals surface area contributed by atoms with Crippen LogP contribution in [0.25, 0.3) is 11.3 Å². The molecule has 2 aromatic carbocycles. The highest BCUT2D eigenvalue weighted by Crippen LogP contribution is 2.20. The van der Waals surface area contributed by atoms with Gasteiger partial charge in [0.05, 0.1) is 19.0 Å². The van der Waals surface area contributed by atoms with E-state index in [0.29, 0.717) is 5.69 Å². The third-order valence-corrected chi connectivity index (χ3v) is 3.90. The predicted molar refractivity (Wildman–Crippen MR) is 100 cm³/mol.